The van der Waals surface area contributed by atoms with Gasteiger partial charge in [0.15, 0.2) is 5.03 Å². The van der Waals surface area contributed by atoms with Crippen LogP contribution in [0.3, 0.4) is 0 Å². The van der Waals surface area contributed by atoms with E-state index in [9.17, 15) is 21.6 Å². The van der Waals surface area contributed by atoms with E-state index in [2.05, 4.69) is 4.98 Å². The number of hydrogen-bond acceptors (Lipinski definition) is 9. The number of para-hydroxylation sites is 1. The van der Waals surface area contributed by atoms with Crippen molar-refractivity contribution in [2.75, 3.05) is 13.2 Å². The van der Waals surface area contributed by atoms with E-state index in [0.29, 0.717) is 40.1 Å². The lowest BCUT2D eigenvalue weighted by molar-refractivity contribution is -0.161. The third-order valence-electron chi connectivity index (χ3n) is 9.31. The molecule has 0 saturated carbocycles. The maximum Gasteiger partial charge on any atom is 0.466 e. The van der Waals surface area contributed by atoms with Gasteiger partial charge in [0.25, 0.3) is 0 Å². The summed E-state index contributed by atoms with van der Waals surface area (Å²) in [6, 6.07) is 36.1. The number of fused-ring (bicyclic) bond motifs is 1. The fourth-order valence-corrected chi connectivity index (χ4v) is 12.3. The Morgan fingerprint density at radius 3 is 1.60 bits per heavy atom. The first kappa shape index (κ1) is 43.9. The molecule has 0 fully saturated rings. The van der Waals surface area contributed by atoms with Gasteiger partial charge in [-0.15, -0.1) is 0 Å². The number of esters is 1. The van der Waals surface area contributed by atoms with Crippen molar-refractivity contribution in [1.29, 1.82) is 0 Å². The van der Waals surface area contributed by atoms with Crippen LogP contribution < -0.4 is 0 Å². The Morgan fingerprint density at radius 1 is 0.561 bits per heavy atom. The minimum Gasteiger partial charge on any atom is -0.460 e. The Balaban J connectivity index is 0.987. The van der Waals surface area contributed by atoms with Crippen LogP contribution in [0.15, 0.2) is 142 Å². The number of aromatic nitrogens is 1. The van der Waals surface area contributed by atoms with Gasteiger partial charge in [-0.2, -0.15) is 25.6 Å². The molecule has 9 nitrogen and oxygen atoms in total. The zero-order valence-corrected chi connectivity index (χ0v) is 34.2. The smallest absolute Gasteiger partial charge is 0.460 e. The molecule has 0 radical (unpaired) electrons. The predicted molar refractivity (Wildman–Crippen MR) is 219 cm³/mol. The number of hydrogen-bond donors (Lipinski definition) is 0. The highest BCUT2D eigenvalue weighted by Crippen LogP contribution is 2.67. The number of carbonyl (C=O) groups is 1. The van der Waals surface area contributed by atoms with Gasteiger partial charge >= 0.3 is 31.5 Å². The number of alkyl halides is 2. The van der Waals surface area contributed by atoms with Crippen LogP contribution in [0, 0.1) is 0 Å². The number of ether oxygens (including phenoxy) is 1. The summed E-state index contributed by atoms with van der Waals surface area (Å²) >= 11 is 0. The highest BCUT2D eigenvalue weighted by molar-refractivity contribution is 8.32. The normalized spacial score (nSPS) is 12.7. The average Bonchev–Trinajstić information content (AvgIpc) is 3.22. The first-order valence-electron chi connectivity index (χ1n) is 19.2. The highest BCUT2D eigenvalue weighted by Gasteiger charge is 2.58. The van der Waals surface area contributed by atoms with Crippen molar-refractivity contribution < 1.29 is 43.0 Å². The standard InChI is InChI=1S/C43H49F2NO8S3/c44-43(45,57(50,51)54-55(38-26-15-11-16-27-38,39-28-17-12-18-29-39)35-36-23-13-10-14-24-36)42(47)52-33-21-8-6-4-2-1-3-5-7-9-22-34-53-56(48,49)41-32-31-37-25-19-20-30-40(37)46-41/h10-20,23-32H,1-9,21-22,33-35H2. The van der Waals surface area contributed by atoms with Gasteiger partial charge in [-0.25, -0.2) is 13.4 Å². The quantitative estimate of drug-likeness (QED) is 0.0339. The number of nitrogens with zero attached hydrogens (tertiary/aromatic N) is 1. The van der Waals surface area contributed by atoms with Gasteiger partial charge in [-0.05, 0) is 60.9 Å². The van der Waals surface area contributed by atoms with Crippen LogP contribution >= 0.6 is 10.3 Å². The minimum absolute atomic E-state index is 0.0258. The summed E-state index contributed by atoms with van der Waals surface area (Å²) in [6.45, 7) is -0.237. The number of unbranched alkanes of at least 4 members (excludes halogenated alkanes) is 10. The van der Waals surface area contributed by atoms with E-state index in [-0.39, 0.29) is 24.0 Å². The van der Waals surface area contributed by atoms with Gasteiger partial charge in [0, 0.05) is 20.9 Å². The summed E-state index contributed by atoms with van der Waals surface area (Å²) in [5.74, 6) is -2.19. The molecule has 4 aromatic carbocycles. The van der Waals surface area contributed by atoms with E-state index >= 15 is 8.78 Å². The molecule has 0 bridgehead atoms. The molecular formula is C43H49F2NO8S3. The second-order valence-electron chi connectivity index (χ2n) is 13.6. The summed E-state index contributed by atoms with van der Waals surface area (Å²) in [5.41, 5.74) is 1.27. The molecule has 0 spiro atoms. The van der Waals surface area contributed by atoms with Crippen molar-refractivity contribution in [2.24, 2.45) is 0 Å². The summed E-state index contributed by atoms with van der Waals surface area (Å²) in [7, 11) is -12.9. The van der Waals surface area contributed by atoms with Gasteiger partial charge in [-0.1, -0.05) is 153 Å². The zero-order chi connectivity index (χ0) is 40.6. The van der Waals surface area contributed by atoms with E-state index in [1.165, 1.54) is 6.07 Å². The number of rotatable bonds is 24. The minimum atomic E-state index is -5.83. The Morgan fingerprint density at radius 2 is 1.04 bits per heavy atom. The molecule has 0 N–H and O–H groups in total. The number of carbonyl (C=O) groups excluding carboxylic acids is 1. The number of halogens is 2. The molecule has 0 atom stereocenters. The van der Waals surface area contributed by atoms with Gasteiger partial charge < -0.3 is 4.74 Å². The molecule has 306 valence electrons. The molecular weight excluding hydrogens is 793 g/mol. The third kappa shape index (κ3) is 12.2. The molecule has 5 rings (SSSR count). The fourth-order valence-electron chi connectivity index (χ4n) is 6.25. The van der Waals surface area contributed by atoms with E-state index in [0.717, 1.165) is 56.8 Å². The average molecular weight is 842 g/mol. The number of benzene rings is 4. The first-order chi connectivity index (χ1) is 27.4. The molecule has 0 saturated heterocycles. The van der Waals surface area contributed by atoms with Gasteiger partial charge in [0.2, 0.25) is 0 Å². The predicted octanol–water partition coefficient (Wildman–Crippen LogP) is 10.8. The second kappa shape index (κ2) is 21.0. The summed E-state index contributed by atoms with van der Waals surface area (Å²) in [5, 5.41) is -4.18. The molecule has 0 aliphatic carbocycles. The molecule has 1 aromatic heterocycles. The molecule has 5 aromatic rings. The molecule has 0 aliphatic rings. The van der Waals surface area contributed by atoms with Crippen LogP contribution in [0.5, 0.6) is 0 Å². The maximum atomic E-state index is 15.5. The highest BCUT2D eigenvalue weighted by atomic mass is 32.3. The lowest BCUT2D eigenvalue weighted by Gasteiger charge is -2.39. The molecule has 1 heterocycles. The van der Waals surface area contributed by atoms with Crippen LogP contribution in [-0.2, 0) is 43.3 Å². The molecule has 0 amide bonds. The maximum absolute atomic E-state index is 15.5. The molecule has 57 heavy (non-hydrogen) atoms. The van der Waals surface area contributed by atoms with Crippen molar-refractivity contribution in [1.82, 2.24) is 4.98 Å². The molecule has 14 heteroatoms. The monoisotopic (exact) mass is 841 g/mol. The second-order valence-corrected chi connectivity index (χ2v) is 19.7. The van der Waals surface area contributed by atoms with Crippen LogP contribution in [0.4, 0.5) is 8.78 Å². The van der Waals surface area contributed by atoms with E-state index in [1.54, 1.807) is 109 Å². The lowest BCUT2D eigenvalue weighted by atomic mass is 10.1. The van der Waals surface area contributed by atoms with Gasteiger partial charge in [0.05, 0.1) is 18.7 Å². The summed E-state index contributed by atoms with van der Waals surface area (Å²) in [4.78, 5) is 17.6. The molecule has 0 unspecified atom stereocenters. The first-order valence-corrected chi connectivity index (χ1v) is 23.7. The largest absolute Gasteiger partial charge is 0.466 e. The summed E-state index contributed by atoms with van der Waals surface area (Å²) in [6.07, 6.45) is 9.18. The van der Waals surface area contributed by atoms with Crippen molar-refractivity contribution >= 4 is 47.4 Å². The van der Waals surface area contributed by atoms with Crippen molar-refractivity contribution in [3.63, 3.8) is 0 Å². The fraction of sp³-hybridized carbons (Fsp3) is 0.349. The SMILES string of the molecule is O=C(OCCCCCCCCCCCCCOS(=O)(=O)c1ccc2ccccc2n1)C(F)(F)S(=O)(=O)OS(Cc1ccccc1)(c1ccccc1)c1ccccc1. The number of pyridine rings is 1. The van der Waals surface area contributed by atoms with E-state index in [4.69, 9.17) is 12.5 Å². The van der Waals surface area contributed by atoms with Crippen molar-refractivity contribution in [3.8, 4) is 0 Å². The Hall–Kier alpha value is -4.21. The van der Waals surface area contributed by atoms with Gasteiger partial charge in [0.1, 0.15) is 0 Å². The van der Waals surface area contributed by atoms with Crippen LogP contribution in [-0.4, -0.2) is 46.3 Å². The van der Waals surface area contributed by atoms with Crippen molar-refractivity contribution in [3.05, 3.63) is 133 Å². The summed E-state index contributed by atoms with van der Waals surface area (Å²) < 4.78 is 98.5. The zero-order valence-electron chi connectivity index (χ0n) is 31.7. The topological polar surface area (TPSA) is 126 Å². The third-order valence-corrected chi connectivity index (χ3v) is 15.8. The van der Waals surface area contributed by atoms with Crippen LogP contribution in [0.2, 0.25) is 0 Å². The Labute approximate surface area is 336 Å². The molecule has 0 aliphatic heterocycles. The Kier molecular flexibility index (Phi) is 16.2. The van der Waals surface area contributed by atoms with Gasteiger partial charge in [-0.3, -0.25) is 4.18 Å². The Bertz CT molecular complexity index is 2190. The van der Waals surface area contributed by atoms with Crippen LogP contribution in [0.25, 0.3) is 10.9 Å². The van der Waals surface area contributed by atoms with E-state index in [1.807, 2.05) is 12.1 Å². The van der Waals surface area contributed by atoms with Crippen LogP contribution in [0.1, 0.15) is 76.2 Å². The lowest BCUT2D eigenvalue weighted by Crippen LogP contribution is -2.41. The van der Waals surface area contributed by atoms with E-state index < -0.39 is 41.8 Å². The van der Waals surface area contributed by atoms with Crippen molar-refractivity contribution in [2.45, 2.75) is 96.5 Å².